The van der Waals surface area contributed by atoms with Crippen LogP contribution >= 0.6 is 0 Å². The largest absolute Gasteiger partial charge is 0.508 e. The summed E-state index contributed by atoms with van der Waals surface area (Å²) < 4.78 is 49.9. The Labute approximate surface area is 190 Å². The van der Waals surface area contributed by atoms with E-state index in [2.05, 4.69) is 10.0 Å². The molecular weight excluding hydrogens is 449 g/mol. The first kappa shape index (κ1) is 22.7. The van der Waals surface area contributed by atoms with Crippen molar-refractivity contribution in [2.24, 2.45) is 7.05 Å². The minimum absolute atomic E-state index is 0.00105. The van der Waals surface area contributed by atoms with Gasteiger partial charge in [0.05, 0.1) is 18.0 Å². The van der Waals surface area contributed by atoms with Crippen LogP contribution in [0.25, 0.3) is 0 Å². The van der Waals surface area contributed by atoms with E-state index in [1.165, 1.54) is 36.9 Å². The van der Waals surface area contributed by atoms with Crippen molar-refractivity contribution in [3.63, 3.8) is 0 Å². The molecule has 1 aliphatic carbocycles. The van der Waals surface area contributed by atoms with Crippen molar-refractivity contribution in [3.8, 4) is 11.5 Å². The van der Waals surface area contributed by atoms with E-state index in [4.69, 9.17) is 4.74 Å². The predicted octanol–water partition coefficient (Wildman–Crippen LogP) is 3.59. The van der Waals surface area contributed by atoms with Gasteiger partial charge in [0.1, 0.15) is 23.1 Å². The zero-order chi connectivity index (χ0) is 23.9. The Morgan fingerprint density at radius 1 is 1.18 bits per heavy atom. The number of nitrogens with one attached hydrogen (secondary N) is 2. The molecule has 1 aliphatic rings. The van der Waals surface area contributed by atoms with Crippen molar-refractivity contribution >= 4 is 27.2 Å². The van der Waals surface area contributed by atoms with Gasteiger partial charge >= 0.3 is 0 Å². The molecule has 4 rings (SSSR count). The molecule has 1 saturated carbocycles. The van der Waals surface area contributed by atoms with Crippen LogP contribution in [0.1, 0.15) is 23.5 Å². The number of hydrogen-bond donors (Lipinski definition) is 3. The van der Waals surface area contributed by atoms with E-state index in [1.807, 2.05) is 0 Å². The molecule has 33 heavy (non-hydrogen) atoms. The summed E-state index contributed by atoms with van der Waals surface area (Å²) in [6, 6.07) is 12.2. The lowest BCUT2D eigenvalue weighted by Crippen LogP contribution is -2.25. The van der Waals surface area contributed by atoms with Crippen molar-refractivity contribution in [2.75, 3.05) is 17.1 Å². The van der Waals surface area contributed by atoms with Crippen molar-refractivity contribution in [2.45, 2.75) is 24.5 Å². The van der Waals surface area contributed by atoms with Gasteiger partial charge in [-0.3, -0.25) is 14.1 Å². The van der Waals surface area contributed by atoms with Crippen LogP contribution in [0, 0.1) is 12.7 Å². The van der Waals surface area contributed by atoms with E-state index < -0.39 is 26.6 Å². The number of pyridine rings is 1. The third-order valence-electron chi connectivity index (χ3n) is 5.67. The number of anilines is 3. The number of aryl methyl sites for hydroxylation is 1. The average molecular weight is 474 g/mol. The van der Waals surface area contributed by atoms with Gasteiger partial charge in [0.2, 0.25) is 10.0 Å². The second kappa shape index (κ2) is 8.43. The fraction of sp³-hybridized carbons (Fsp3) is 0.261. The van der Waals surface area contributed by atoms with Gasteiger partial charge in [0.15, 0.2) is 5.75 Å². The van der Waals surface area contributed by atoms with Crippen LogP contribution in [0.15, 0.2) is 53.3 Å². The molecular formula is C23H24FN3O5S. The van der Waals surface area contributed by atoms with Crippen molar-refractivity contribution < 1.29 is 22.7 Å². The van der Waals surface area contributed by atoms with Gasteiger partial charge < -0.3 is 15.2 Å². The maximum absolute atomic E-state index is 14.5. The lowest BCUT2D eigenvalue weighted by Gasteiger charge is -2.20. The molecule has 0 saturated heterocycles. The highest BCUT2D eigenvalue weighted by Gasteiger charge is 2.48. The number of aromatic hydroxyl groups is 1. The molecule has 3 aromatic rings. The van der Waals surface area contributed by atoms with Crippen molar-refractivity contribution in [1.29, 1.82) is 0 Å². The second-order valence-corrected chi connectivity index (χ2v) is 9.96. The van der Waals surface area contributed by atoms with Gasteiger partial charge in [-0.1, -0.05) is 18.2 Å². The first-order valence-corrected chi connectivity index (χ1v) is 11.8. The minimum atomic E-state index is -3.90. The lowest BCUT2D eigenvalue weighted by molar-refractivity contribution is 0.415. The Bertz CT molecular complexity index is 1390. The third-order valence-corrected chi connectivity index (χ3v) is 7.48. The molecule has 1 fully saturated rings. The van der Waals surface area contributed by atoms with Crippen LogP contribution in [-0.4, -0.2) is 30.5 Å². The van der Waals surface area contributed by atoms with E-state index in [0.717, 1.165) is 11.6 Å². The SMILES string of the molecule is COc1cc(=O)n(C)c(Nc2ccc(C)cc2F)c1NS(=O)(=O)C1CC1c1cccc(O)c1. The molecule has 8 nitrogen and oxygen atoms in total. The van der Waals surface area contributed by atoms with Gasteiger partial charge in [0.25, 0.3) is 5.56 Å². The number of rotatable bonds is 7. The smallest absolute Gasteiger partial charge is 0.255 e. The van der Waals surface area contributed by atoms with Crippen LogP contribution < -0.4 is 20.3 Å². The fourth-order valence-electron chi connectivity index (χ4n) is 3.77. The maximum atomic E-state index is 14.5. The molecule has 0 aliphatic heterocycles. The number of methoxy groups -OCH3 is 1. The number of nitrogens with zero attached hydrogens (tertiary/aromatic N) is 1. The maximum Gasteiger partial charge on any atom is 0.255 e. The van der Waals surface area contributed by atoms with Gasteiger partial charge in [0, 0.05) is 19.0 Å². The predicted molar refractivity (Wildman–Crippen MR) is 124 cm³/mol. The summed E-state index contributed by atoms with van der Waals surface area (Å²) in [5.74, 6) is -0.717. The molecule has 0 amide bonds. The molecule has 1 aromatic heterocycles. The zero-order valence-electron chi connectivity index (χ0n) is 18.3. The molecule has 1 heterocycles. The molecule has 2 unspecified atom stereocenters. The van der Waals surface area contributed by atoms with E-state index in [9.17, 15) is 22.7 Å². The number of ether oxygens (including phenoxy) is 1. The van der Waals surface area contributed by atoms with E-state index in [1.54, 1.807) is 31.2 Å². The van der Waals surface area contributed by atoms with E-state index >= 15 is 0 Å². The van der Waals surface area contributed by atoms with Crippen LogP contribution in [0.4, 0.5) is 21.6 Å². The Morgan fingerprint density at radius 2 is 1.94 bits per heavy atom. The number of phenols is 1. The number of benzene rings is 2. The molecule has 0 radical (unpaired) electrons. The summed E-state index contributed by atoms with van der Waals surface area (Å²) in [5.41, 5.74) is 1.05. The monoisotopic (exact) mass is 473 g/mol. The summed E-state index contributed by atoms with van der Waals surface area (Å²) >= 11 is 0. The van der Waals surface area contributed by atoms with Crippen molar-refractivity contribution in [1.82, 2.24) is 4.57 Å². The Kier molecular flexibility index (Phi) is 5.79. The second-order valence-electron chi connectivity index (χ2n) is 8.06. The Hall–Kier alpha value is -3.53. The summed E-state index contributed by atoms with van der Waals surface area (Å²) in [6.07, 6.45) is 0.377. The van der Waals surface area contributed by atoms with Crippen LogP contribution in [-0.2, 0) is 17.1 Å². The molecule has 10 heteroatoms. The van der Waals surface area contributed by atoms with Crippen LogP contribution in [0.5, 0.6) is 11.5 Å². The molecule has 2 atom stereocenters. The third kappa shape index (κ3) is 4.51. The van der Waals surface area contributed by atoms with Gasteiger partial charge in [-0.2, -0.15) is 0 Å². The summed E-state index contributed by atoms with van der Waals surface area (Å²) in [6.45, 7) is 1.74. The number of sulfonamides is 1. The fourth-order valence-corrected chi connectivity index (χ4v) is 5.45. The highest BCUT2D eigenvalue weighted by molar-refractivity contribution is 7.93. The normalized spacial score (nSPS) is 17.5. The highest BCUT2D eigenvalue weighted by Crippen LogP contribution is 2.48. The zero-order valence-corrected chi connectivity index (χ0v) is 19.1. The van der Waals surface area contributed by atoms with Gasteiger partial charge in [-0.25, -0.2) is 12.8 Å². The average Bonchev–Trinajstić information content (AvgIpc) is 3.56. The van der Waals surface area contributed by atoms with Gasteiger partial charge in [-0.05, 0) is 48.7 Å². The quantitative estimate of drug-likeness (QED) is 0.484. The van der Waals surface area contributed by atoms with Crippen LogP contribution in [0.3, 0.4) is 0 Å². The van der Waals surface area contributed by atoms with E-state index in [-0.39, 0.29) is 34.6 Å². The van der Waals surface area contributed by atoms with E-state index in [0.29, 0.717) is 12.0 Å². The van der Waals surface area contributed by atoms with Gasteiger partial charge in [-0.15, -0.1) is 0 Å². The summed E-state index contributed by atoms with van der Waals surface area (Å²) in [7, 11) is -1.14. The summed E-state index contributed by atoms with van der Waals surface area (Å²) in [5, 5.41) is 11.8. The number of aromatic nitrogens is 1. The molecule has 0 bridgehead atoms. The topological polar surface area (TPSA) is 110 Å². The number of halogens is 1. The molecule has 2 aromatic carbocycles. The Morgan fingerprint density at radius 3 is 2.61 bits per heavy atom. The molecule has 3 N–H and O–H groups in total. The molecule has 174 valence electrons. The van der Waals surface area contributed by atoms with Crippen molar-refractivity contribution in [3.05, 3.63) is 75.8 Å². The summed E-state index contributed by atoms with van der Waals surface area (Å²) in [4.78, 5) is 12.4. The first-order valence-electron chi connectivity index (χ1n) is 10.2. The Balaban J connectivity index is 1.71. The number of hydrogen-bond acceptors (Lipinski definition) is 6. The number of phenolic OH excluding ortho intramolecular Hbond substituents is 1. The minimum Gasteiger partial charge on any atom is -0.508 e. The highest BCUT2D eigenvalue weighted by atomic mass is 32.2. The standard InChI is InChI=1S/C23H24FN3O5S/c1-13-7-8-18(17(24)9-13)25-23-22(19(32-3)12-21(29)27(23)2)26-33(30,31)20-11-16(20)14-5-4-6-15(28)10-14/h4-10,12,16,20,25-26,28H,11H2,1-3H3. The first-order chi connectivity index (χ1) is 15.6. The molecule has 0 spiro atoms. The lowest BCUT2D eigenvalue weighted by atomic mass is 10.1. The van der Waals surface area contributed by atoms with Crippen LogP contribution in [0.2, 0.25) is 0 Å².